The number of carbonyl (C=O) groups excluding carboxylic acids is 1. The van der Waals surface area contributed by atoms with Gasteiger partial charge in [-0.25, -0.2) is 4.98 Å². The second-order valence-electron chi connectivity index (χ2n) is 6.17. The van der Waals surface area contributed by atoms with Crippen molar-refractivity contribution in [2.24, 2.45) is 0 Å². The summed E-state index contributed by atoms with van der Waals surface area (Å²) >= 11 is 1.57. The maximum Gasteiger partial charge on any atom is 0.280 e. The van der Waals surface area contributed by atoms with E-state index in [-0.39, 0.29) is 18.0 Å². The average molecular weight is 409 g/mol. The number of ether oxygens (including phenoxy) is 2. The smallest absolute Gasteiger partial charge is 0.280 e. The number of carbonyl (C=O) groups is 1. The van der Waals surface area contributed by atoms with Crippen LogP contribution in [0.3, 0.4) is 0 Å². The summed E-state index contributed by atoms with van der Waals surface area (Å²) in [5.74, 6) is 0.312. The summed E-state index contributed by atoms with van der Waals surface area (Å²) in [6.07, 6.45) is 2.62. The molecule has 146 valence electrons. The minimum absolute atomic E-state index is 0.0105. The molecule has 0 atom stereocenters. The Hall–Kier alpha value is -3.72. The lowest BCUT2D eigenvalue weighted by Gasteiger charge is -2.04. The van der Waals surface area contributed by atoms with Gasteiger partial charge in [0.1, 0.15) is 0 Å². The Morgan fingerprint density at radius 2 is 1.97 bits per heavy atom. The van der Waals surface area contributed by atoms with Crippen LogP contribution in [-0.4, -0.2) is 22.6 Å². The fourth-order valence-electron chi connectivity index (χ4n) is 2.81. The average Bonchev–Trinajstić information content (AvgIpc) is 3.34. The zero-order chi connectivity index (χ0) is 20.4. The van der Waals surface area contributed by atoms with E-state index in [4.69, 9.17) is 9.47 Å². The molecule has 9 heteroatoms. The lowest BCUT2D eigenvalue weighted by Crippen LogP contribution is -2.07. The SMILES string of the molecule is Cc1nc(-c2ccc(NC(=O)/C=C/c3cc4c(cc3[N+](=O)[O-])OCO4)cc2)cs1. The van der Waals surface area contributed by atoms with Crippen LogP contribution in [0.1, 0.15) is 10.6 Å². The van der Waals surface area contributed by atoms with Gasteiger partial charge in [0, 0.05) is 22.7 Å². The second kappa shape index (κ2) is 7.72. The molecule has 1 amide bonds. The van der Waals surface area contributed by atoms with Gasteiger partial charge in [0.15, 0.2) is 11.5 Å². The first-order valence-electron chi connectivity index (χ1n) is 8.59. The fourth-order valence-corrected chi connectivity index (χ4v) is 3.43. The van der Waals surface area contributed by atoms with Crippen LogP contribution in [0.5, 0.6) is 11.5 Å². The molecule has 4 rings (SSSR count). The van der Waals surface area contributed by atoms with Crippen LogP contribution in [-0.2, 0) is 4.79 Å². The molecule has 8 nitrogen and oxygen atoms in total. The predicted molar refractivity (Wildman–Crippen MR) is 109 cm³/mol. The summed E-state index contributed by atoms with van der Waals surface area (Å²) in [6, 6.07) is 10.1. The number of hydrogen-bond donors (Lipinski definition) is 1. The summed E-state index contributed by atoms with van der Waals surface area (Å²) in [5, 5.41) is 17.0. The third-order valence-corrected chi connectivity index (χ3v) is 4.97. The number of aromatic nitrogens is 1. The van der Waals surface area contributed by atoms with E-state index >= 15 is 0 Å². The molecule has 3 aromatic rings. The van der Waals surface area contributed by atoms with Crippen molar-refractivity contribution < 1.29 is 19.2 Å². The standard InChI is InChI=1S/C20H15N3O5S/c1-12-21-16(10-29-12)13-2-5-15(6-3-13)22-20(24)7-4-14-8-18-19(28-11-27-18)9-17(14)23(25)26/h2-10H,11H2,1H3,(H,22,24)/b7-4+. The van der Waals surface area contributed by atoms with Gasteiger partial charge >= 0.3 is 0 Å². The summed E-state index contributed by atoms with van der Waals surface area (Å²) in [7, 11) is 0. The first-order valence-corrected chi connectivity index (χ1v) is 9.47. The van der Waals surface area contributed by atoms with Gasteiger partial charge in [0.05, 0.1) is 27.3 Å². The monoisotopic (exact) mass is 409 g/mol. The van der Waals surface area contributed by atoms with Crippen LogP contribution in [0.15, 0.2) is 47.9 Å². The number of hydrogen-bond acceptors (Lipinski definition) is 7. The van der Waals surface area contributed by atoms with Gasteiger partial charge < -0.3 is 14.8 Å². The molecule has 1 aromatic heterocycles. The lowest BCUT2D eigenvalue weighted by atomic mass is 10.1. The van der Waals surface area contributed by atoms with E-state index in [2.05, 4.69) is 10.3 Å². The molecule has 1 N–H and O–H groups in total. The number of nitrogens with one attached hydrogen (secondary N) is 1. The number of nitro benzene ring substituents is 1. The third kappa shape index (κ3) is 4.09. The van der Waals surface area contributed by atoms with Crippen molar-refractivity contribution in [1.29, 1.82) is 0 Å². The number of thiazole rings is 1. The van der Waals surface area contributed by atoms with Crippen molar-refractivity contribution in [3.05, 3.63) is 68.5 Å². The summed E-state index contributed by atoms with van der Waals surface area (Å²) < 4.78 is 10.4. The number of nitro groups is 1. The van der Waals surface area contributed by atoms with Crippen LogP contribution < -0.4 is 14.8 Å². The van der Waals surface area contributed by atoms with Gasteiger partial charge in [-0.15, -0.1) is 11.3 Å². The molecule has 29 heavy (non-hydrogen) atoms. The van der Waals surface area contributed by atoms with Gasteiger partial charge in [-0.2, -0.15) is 0 Å². The van der Waals surface area contributed by atoms with Crippen LogP contribution in [0, 0.1) is 17.0 Å². The first kappa shape index (κ1) is 18.6. The number of fused-ring (bicyclic) bond motifs is 1. The van der Waals surface area contributed by atoms with Crippen molar-refractivity contribution in [3.63, 3.8) is 0 Å². The highest BCUT2D eigenvalue weighted by molar-refractivity contribution is 7.09. The topological polar surface area (TPSA) is 104 Å². The summed E-state index contributed by atoms with van der Waals surface area (Å²) in [4.78, 5) is 27.4. The predicted octanol–water partition coefficient (Wildman–Crippen LogP) is 4.41. The molecule has 0 fully saturated rings. The van der Waals surface area contributed by atoms with Crippen LogP contribution in [0.2, 0.25) is 0 Å². The van der Waals surface area contributed by atoms with E-state index in [0.29, 0.717) is 17.2 Å². The molecule has 0 radical (unpaired) electrons. The Balaban J connectivity index is 1.47. The van der Waals surface area contributed by atoms with Gasteiger partial charge in [-0.3, -0.25) is 14.9 Å². The van der Waals surface area contributed by atoms with Crippen LogP contribution >= 0.6 is 11.3 Å². The Labute approximate surface area is 169 Å². The number of anilines is 1. The van der Waals surface area contributed by atoms with E-state index in [1.54, 1.807) is 23.5 Å². The molecule has 0 spiro atoms. The third-order valence-electron chi connectivity index (χ3n) is 4.20. The molecular formula is C20H15N3O5S. The minimum Gasteiger partial charge on any atom is -0.454 e. The van der Waals surface area contributed by atoms with Gasteiger partial charge in [-0.1, -0.05) is 12.1 Å². The number of rotatable bonds is 5. The Morgan fingerprint density at radius 3 is 2.62 bits per heavy atom. The van der Waals surface area contributed by atoms with E-state index in [0.717, 1.165) is 16.3 Å². The highest BCUT2D eigenvalue weighted by atomic mass is 32.1. The molecule has 2 heterocycles. The van der Waals surface area contributed by atoms with Crippen molar-refractivity contribution in [1.82, 2.24) is 4.98 Å². The molecule has 0 saturated carbocycles. The summed E-state index contributed by atoms with van der Waals surface area (Å²) in [6.45, 7) is 1.95. The zero-order valence-electron chi connectivity index (χ0n) is 15.2. The minimum atomic E-state index is -0.529. The highest BCUT2D eigenvalue weighted by Gasteiger charge is 2.22. The van der Waals surface area contributed by atoms with E-state index in [1.807, 2.05) is 24.4 Å². The second-order valence-corrected chi connectivity index (χ2v) is 7.24. The van der Waals surface area contributed by atoms with E-state index in [9.17, 15) is 14.9 Å². The first-order chi connectivity index (χ1) is 14.0. The number of aryl methyl sites for hydroxylation is 1. The van der Waals surface area contributed by atoms with Crippen molar-refractivity contribution >= 4 is 34.7 Å². The quantitative estimate of drug-likeness (QED) is 0.380. The number of amides is 1. The van der Waals surface area contributed by atoms with Crippen LogP contribution in [0.4, 0.5) is 11.4 Å². The molecule has 1 aliphatic heterocycles. The number of benzene rings is 2. The largest absolute Gasteiger partial charge is 0.454 e. The normalized spacial score (nSPS) is 12.3. The lowest BCUT2D eigenvalue weighted by molar-refractivity contribution is -0.385. The van der Waals surface area contributed by atoms with Crippen LogP contribution in [0.25, 0.3) is 17.3 Å². The zero-order valence-corrected chi connectivity index (χ0v) is 16.1. The molecule has 0 aliphatic carbocycles. The maximum absolute atomic E-state index is 12.2. The van der Waals surface area contributed by atoms with Gasteiger partial charge in [-0.05, 0) is 31.2 Å². The van der Waals surface area contributed by atoms with Crippen molar-refractivity contribution in [2.45, 2.75) is 6.92 Å². The summed E-state index contributed by atoms with van der Waals surface area (Å²) in [5.41, 5.74) is 2.54. The number of nitrogens with zero attached hydrogens (tertiary/aromatic N) is 2. The van der Waals surface area contributed by atoms with Crippen molar-refractivity contribution in [2.75, 3.05) is 12.1 Å². The fraction of sp³-hybridized carbons (Fsp3) is 0.100. The molecule has 0 saturated heterocycles. The van der Waals surface area contributed by atoms with Gasteiger partial charge in [0.25, 0.3) is 5.69 Å². The van der Waals surface area contributed by atoms with E-state index < -0.39 is 10.8 Å². The molecule has 0 unspecified atom stereocenters. The molecule has 1 aliphatic rings. The molecular weight excluding hydrogens is 394 g/mol. The Bertz CT molecular complexity index is 1120. The highest BCUT2D eigenvalue weighted by Crippen LogP contribution is 2.38. The maximum atomic E-state index is 12.2. The molecule has 0 bridgehead atoms. The Kier molecular flexibility index (Phi) is 4.96. The van der Waals surface area contributed by atoms with Gasteiger partial charge in [0.2, 0.25) is 12.7 Å². The van der Waals surface area contributed by atoms with Crippen molar-refractivity contribution in [3.8, 4) is 22.8 Å². The Morgan fingerprint density at radius 1 is 1.24 bits per heavy atom. The van der Waals surface area contributed by atoms with E-state index in [1.165, 1.54) is 24.3 Å². The molecule has 2 aromatic carbocycles.